The SMILES string of the molecule is COCCNCc1ccc(Sc2cc(C)nn2C)nc1. The van der Waals surface area contributed by atoms with Crippen molar-refractivity contribution in [3.05, 3.63) is 35.7 Å². The topological polar surface area (TPSA) is 52.0 Å². The molecule has 0 saturated heterocycles. The van der Waals surface area contributed by atoms with E-state index >= 15 is 0 Å². The number of aryl methyl sites for hydroxylation is 2. The minimum atomic E-state index is 0.723. The van der Waals surface area contributed by atoms with Crippen molar-refractivity contribution in [2.24, 2.45) is 7.05 Å². The average Bonchev–Trinajstić information content (AvgIpc) is 2.75. The molecule has 0 spiro atoms. The van der Waals surface area contributed by atoms with Crippen molar-refractivity contribution in [3.8, 4) is 0 Å². The Balaban J connectivity index is 1.89. The molecule has 0 radical (unpaired) electrons. The number of hydrogen-bond acceptors (Lipinski definition) is 5. The number of aromatic nitrogens is 3. The van der Waals surface area contributed by atoms with Crippen LogP contribution in [-0.4, -0.2) is 35.0 Å². The molecule has 108 valence electrons. The van der Waals surface area contributed by atoms with Crippen LogP contribution in [0.2, 0.25) is 0 Å². The highest BCUT2D eigenvalue weighted by atomic mass is 32.2. The van der Waals surface area contributed by atoms with Crippen LogP contribution >= 0.6 is 11.8 Å². The van der Waals surface area contributed by atoms with Crippen LogP contribution in [0, 0.1) is 6.92 Å². The molecule has 0 aromatic carbocycles. The largest absolute Gasteiger partial charge is 0.383 e. The van der Waals surface area contributed by atoms with E-state index in [9.17, 15) is 0 Å². The van der Waals surface area contributed by atoms with Gasteiger partial charge in [-0.2, -0.15) is 5.10 Å². The second-order valence-electron chi connectivity index (χ2n) is 4.52. The molecule has 1 N–H and O–H groups in total. The molecule has 20 heavy (non-hydrogen) atoms. The first-order chi connectivity index (χ1) is 9.69. The van der Waals surface area contributed by atoms with Gasteiger partial charge in [-0.1, -0.05) is 17.8 Å². The molecule has 0 aliphatic carbocycles. The Hall–Kier alpha value is -1.37. The van der Waals surface area contributed by atoms with E-state index in [0.29, 0.717) is 0 Å². The first-order valence-corrected chi connectivity index (χ1v) is 7.34. The summed E-state index contributed by atoms with van der Waals surface area (Å²) in [6.45, 7) is 4.38. The number of nitrogens with zero attached hydrogens (tertiary/aromatic N) is 3. The standard InChI is InChI=1S/C14H20N4OS/c1-11-8-14(18(2)17-11)20-13-5-4-12(10-16-13)9-15-6-7-19-3/h4-5,8,10,15H,6-7,9H2,1-3H3. The monoisotopic (exact) mass is 292 g/mol. The number of ether oxygens (including phenoxy) is 1. The summed E-state index contributed by atoms with van der Waals surface area (Å²) in [6, 6.07) is 6.20. The predicted octanol–water partition coefficient (Wildman–Crippen LogP) is 2.01. The van der Waals surface area contributed by atoms with Gasteiger partial charge >= 0.3 is 0 Å². The zero-order chi connectivity index (χ0) is 14.4. The van der Waals surface area contributed by atoms with Crippen LogP contribution in [-0.2, 0) is 18.3 Å². The van der Waals surface area contributed by atoms with E-state index in [1.165, 1.54) is 5.56 Å². The molecule has 2 aromatic heterocycles. The summed E-state index contributed by atoms with van der Waals surface area (Å²) >= 11 is 1.62. The van der Waals surface area contributed by atoms with Gasteiger partial charge in [0.2, 0.25) is 0 Å². The number of methoxy groups -OCH3 is 1. The molecule has 2 heterocycles. The normalized spacial score (nSPS) is 10.9. The second kappa shape index (κ2) is 7.42. The van der Waals surface area contributed by atoms with Crippen molar-refractivity contribution in [1.29, 1.82) is 0 Å². The van der Waals surface area contributed by atoms with Gasteiger partial charge < -0.3 is 10.1 Å². The fraction of sp³-hybridized carbons (Fsp3) is 0.429. The van der Waals surface area contributed by atoms with Crippen LogP contribution < -0.4 is 5.32 Å². The van der Waals surface area contributed by atoms with E-state index in [1.807, 2.05) is 30.9 Å². The predicted molar refractivity (Wildman–Crippen MR) is 79.9 cm³/mol. The van der Waals surface area contributed by atoms with Crippen molar-refractivity contribution in [2.75, 3.05) is 20.3 Å². The van der Waals surface area contributed by atoms with Crippen LogP contribution in [0.4, 0.5) is 0 Å². The first kappa shape index (κ1) is 15.0. The second-order valence-corrected chi connectivity index (χ2v) is 5.56. The maximum Gasteiger partial charge on any atom is 0.102 e. The summed E-state index contributed by atoms with van der Waals surface area (Å²) in [7, 11) is 3.65. The summed E-state index contributed by atoms with van der Waals surface area (Å²) in [5, 5.41) is 9.71. The number of nitrogens with one attached hydrogen (secondary N) is 1. The molecule has 2 aromatic rings. The van der Waals surface area contributed by atoms with Crippen LogP contribution in [0.5, 0.6) is 0 Å². The van der Waals surface area contributed by atoms with Gasteiger partial charge in [-0.25, -0.2) is 4.98 Å². The van der Waals surface area contributed by atoms with Gasteiger partial charge in [0.25, 0.3) is 0 Å². The molecular formula is C14H20N4OS. The third-order valence-electron chi connectivity index (χ3n) is 2.78. The summed E-state index contributed by atoms with van der Waals surface area (Å²) in [5.74, 6) is 0. The lowest BCUT2D eigenvalue weighted by atomic mass is 10.3. The Morgan fingerprint density at radius 1 is 1.40 bits per heavy atom. The zero-order valence-electron chi connectivity index (χ0n) is 12.1. The Labute approximate surface area is 123 Å². The summed E-state index contributed by atoms with van der Waals surface area (Å²) in [4.78, 5) is 4.47. The molecule has 6 heteroatoms. The van der Waals surface area contributed by atoms with Gasteiger partial charge in [0.15, 0.2) is 0 Å². The molecule has 0 unspecified atom stereocenters. The number of pyridine rings is 1. The highest BCUT2D eigenvalue weighted by molar-refractivity contribution is 7.99. The minimum absolute atomic E-state index is 0.723. The van der Waals surface area contributed by atoms with Gasteiger partial charge in [0, 0.05) is 33.4 Å². The lowest BCUT2D eigenvalue weighted by molar-refractivity contribution is 0.199. The van der Waals surface area contributed by atoms with Crippen LogP contribution in [0.1, 0.15) is 11.3 Å². The van der Waals surface area contributed by atoms with Gasteiger partial charge in [-0.05, 0) is 24.6 Å². The van der Waals surface area contributed by atoms with Gasteiger partial charge in [0.1, 0.15) is 10.1 Å². The molecular weight excluding hydrogens is 272 g/mol. The molecule has 0 bridgehead atoms. The van der Waals surface area contributed by atoms with Crippen molar-refractivity contribution in [2.45, 2.75) is 23.5 Å². The Morgan fingerprint density at radius 2 is 2.25 bits per heavy atom. The van der Waals surface area contributed by atoms with Crippen molar-refractivity contribution >= 4 is 11.8 Å². The smallest absolute Gasteiger partial charge is 0.102 e. The molecule has 5 nitrogen and oxygen atoms in total. The Morgan fingerprint density at radius 3 is 2.85 bits per heavy atom. The molecule has 0 atom stereocenters. The van der Waals surface area contributed by atoms with E-state index in [2.05, 4.69) is 27.5 Å². The quantitative estimate of drug-likeness (QED) is 0.791. The van der Waals surface area contributed by atoms with Gasteiger partial charge in [-0.3, -0.25) is 4.68 Å². The molecule has 0 fully saturated rings. The van der Waals surface area contributed by atoms with E-state index in [-0.39, 0.29) is 0 Å². The molecule has 0 aliphatic heterocycles. The molecule has 0 amide bonds. The van der Waals surface area contributed by atoms with Crippen molar-refractivity contribution < 1.29 is 4.74 Å². The third kappa shape index (κ3) is 4.33. The Bertz CT molecular complexity index is 539. The van der Waals surface area contributed by atoms with E-state index in [0.717, 1.165) is 35.4 Å². The fourth-order valence-electron chi connectivity index (χ4n) is 1.77. The van der Waals surface area contributed by atoms with Crippen molar-refractivity contribution in [1.82, 2.24) is 20.1 Å². The van der Waals surface area contributed by atoms with E-state index in [1.54, 1.807) is 18.9 Å². The fourth-order valence-corrected chi connectivity index (χ4v) is 2.63. The minimum Gasteiger partial charge on any atom is -0.383 e. The molecule has 2 rings (SSSR count). The van der Waals surface area contributed by atoms with Gasteiger partial charge in [0.05, 0.1) is 12.3 Å². The Kier molecular flexibility index (Phi) is 5.58. The number of hydrogen-bond donors (Lipinski definition) is 1. The lowest BCUT2D eigenvalue weighted by Crippen LogP contribution is -2.18. The maximum absolute atomic E-state index is 4.99. The highest BCUT2D eigenvalue weighted by Gasteiger charge is 2.05. The summed E-state index contributed by atoms with van der Waals surface area (Å²) in [6.07, 6.45) is 1.91. The molecule has 0 saturated carbocycles. The van der Waals surface area contributed by atoms with Crippen molar-refractivity contribution in [3.63, 3.8) is 0 Å². The molecule has 0 aliphatic rings. The third-order valence-corrected chi connectivity index (χ3v) is 3.82. The number of rotatable bonds is 7. The summed E-state index contributed by atoms with van der Waals surface area (Å²) in [5.41, 5.74) is 2.20. The first-order valence-electron chi connectivity index (χ1n) is 6.52. The summed E-state index contributed by atoms with van der Waals surface area (Å²) < 4.78 is 6.87. The highest BCUT2D eigenvalue weighted by Crippen LogP contribution is 2.25. The van der Waals surface area contributed by atoms with Crippen LogP contribution in [0.3, 0.4) is 0 Å². The average molecular weight is 292 g/mol. The van der Waals surface area contributed by atoms with E-state index < -0.39 is 0 Å². The lowest BCUT2D eigenvalue weighted by Gasteiger charge is -2.05. The van der Waals surface area contributed by atoms with Gasteiger partial charge in [-0.15, -0.1) is 0 Å². The van der Waals surface area contributed by atoms with Crippen LogP contribution in [0.15, 0.2) is 34.4 Å². The zero-order valence-corrected chi connectivity index (χ0v) is 12.9. The maximum atomic E-state index is 4.99. The van der Waals surface area contributed by atoms with Crippen LogP contribution in [0.25, 0.3) is 0 Å². The van der Waals surface area contributed by atoms with E-state index in [4.69, 9.17) is 4.74 Å².